The number of aromatic nitrogens is 4. The van der Waals surface area contributed by atoms with Crippen molar-refractivity contribution >= 4 is 22.9 Å². The van der Waals surface area contributed by atoms with Crippen LogP contribution < -0.4 is 10.6 Å². The van der Waals surface area contributed by atoms with E-state index in [1.165, 1.54) is 0 Å². The van der Waals surface area contributed by atoms with Gasteiger partial charge in [-0.2, -0.15) is 9.97 Å². The Morgan fingerprint density at radius 3 is 2.94 bits per heavy atom. The maximum Gasteiger partial charge on any atom is 0.226 e. The van der Waals surface area contributed by atoms with Crippen molar-refractivity contribution in [1.82, 2.24) is 19.9 Å². The lowest BCUT2D eigenvalue weighted by atomic mass is 10.4. The molecule has 2 aromatic rings. The van der Waals surface area contributed by atoms with E-state index in [0.717, 1.165) is 18.5 Å². The Hall–Kier alpha value is -1.89. The zero-order valence-corrected chi connectivity index (χ0v) is 10.6. The van der Waals surface area contributed by atoms with Crippen LogP contribution in [0.3, 0.4) is 0 Å². The number of anilines is 2. The summed E-state index contributed by atoms with van der Waals surface area (Å²) >= 11 is 0. The summed E-state index contributed by atoms with van der Waals surface area (Å²) in [6, 6.07) is 0. The molecule has 0 amide bonds. The Kier molecular flexibility index (Phi) is 3.93. The lowest BCUT2D eigenvalue weighted by Gasteiger charge is -2.10. The van der Waals surface area contributed by atoms with Crippen molar-refractivity contribution < 1.29 is 5.11 Å². The predicted octanol–water partition coefficient (Wildman–Crippen LogP) is 0.968. The van der Waals surface area contributed by atoms with Gasteiger partial charge in [0.25, 0.3) is 0 Å². The van der Waals surface area contributed by atoms with Gasteiger partial charge in [0.15, 0.2) is 11.5 Å². The van der Waals surface area contributed by atoms with E-state index < -0.39 is 6.10 Å². The topological polar surface area (TPSA) is 98.8 Å². The number of rotatable bonds is 6. The van der Waals surface area contributed by atoms with E-state index in [-0.39, 0.29) is 0 Å². The SMILES string of the molecule is CCCNc1nc(NCC(C)O)c2[nH]cnc2n1. The van der Waals surface area contributed by atoms with Crippen LogP contribution in [-0.4, -0.2) is 44.2 Å². The van der Waals surface area contributed by atoms with E-state index in [1.54, 1.807) is 13.3 Å². The molecule has 2 rings (SSSR count). The van der Waals surface area contributed by atoms with Crippen LogP contribution in [0.15, 0.2) is 6.33 Å². The number of hydrogen-bond acceptors (Lipinski definition) is 6. The van der Waals surface area contributed by atoms with Gasteiger partial charge in [-0.25, -0.2) is 4.98 Å². The van der Waals surface area contributed by atoms with E-state index >= 15 is 0 Å². The molecule has 0 saturated carbocycles. The molecule has 1 unspecified atom stereocenters. The summed E-state index contributed by atoms with van der Waals surface area (Å²) in [7, 11) is 0. The highest BCUT2D eigenvalue weighted by Crippen LogP contribution is 2.18. The van der Waals surface area contributed by atoms with Crippen LogP contribution in [0.5, 0.6) is 0 Å². The van der Waals surface area contributed by atoms with Crippen LogP contribution in [-0.2, 0) is 0 Å². The summed E-state index contributed by atoms with van der Waals surface area (Å²) in [5, 5.41) is 15.5. The number of aliphatic hydroxyl groups excluding tert-OH is 1. The van der Waals surface area contributed by atoms with Crippen molar-refractivity contribution in [3.8, 4) is 0 Å². The summed E-state index contributed by atoms with van der Waals surface area (Å²) < 4.78 is 0. The zero-order valence-electron chi connectivity index (χ0n) is 10.6. The van der Waals surface area contributed by atoms with Gasteiger partial charge < -0.3 is 20.7 Å². The Morgan fingerprint density at radius 2 is 2.22 bits per heavy atom. The van der Waals surface area contributed by atoms with Gasteiger partial charge in [-0.1, -0.05) is 6.92 Å². The summed E-state index contributed by atoms with van der Waals surface area (Å²) in [5.74, 6) is 1.20. The van der Waals surface area contributed by atoms with E-state index in [0.29, 0.717) is 24.0 Å². The number of aliphatic hydroxyl groups is 1. The second-order valence-corrected chi connectivity index (χ2v) is 4.15. The van der Waals surface area contributed by atoms with E-state index in [2.05, 4.69) is 37.5 Å². The average Bonchev–Trinajstić information content (AvgIpc) is 2.81. The normalized spacial score (nSPS) is 12.6. The molecular formula is C11H18N6O. The van der Waals surface area contributed by atoms with Crippen molar-refractivity contribution in [1.29, 1.82) is 0 Å². The summed E-state index contributed by atoms with van der Waals surface area (Å²) in [6.45, 7) is 5.03. The number of nitrogens with one attached hydrogen (secondary N) is 3. The first-order valence-corrected chi connectivity index (χ1v) is 6.07. The molecule has 0 saturated heterocycles. The molecule has 1 atom stereocenters. The number of fused-ring (bicyclic) bond motifs is 1. The molecule has 0 aliphatic heterocycles. The molecule has 0 aliphatic rings. The van der Waals surface area contributed by atoms with Crippen LogP contribution in [0.1, 0.15) is 20.3 Å². The first-order valence-electron chi connectivity index (χ1n) is 6.07. The van der Waals surface area contributed by atoms with Crippen LogP contribution >= 0.6 is 0 Å². The van der Waals surface area contributed by atoms with Gasteiger partial charge >= 0.3 is 0 Å². The molecule has 4 N–H and O–H groups in total. The Labute approximate surface area is 105 Å². The fraction of sp³-hybridized carbons (Fsp3) is 0.545. The van der Waals surface area contributed by atoms with Crippen molar-refractivity contribution in [2.45, 2.75) is 26.4 Å². The number of aromatic amines is 1. The second kappa shape index (κ2) is 5.63. The van der Waals surface area contributed by atoms with Crippen LogP contribution in [0.25, 0.3) is 11.2 Å². The standard InChI is InChI=1S/C11H18N6O/c1-3-4-12-11-16-9(13-5-7(2)18)8-10(17-11)15-6-14-8/h6-7,18H,3-5H2,1-2H3,(H3,12,13,14,15,16,17). The molecule has 0 aliphatic carbocycles. The summed E-state index contributed by atoms with van der Waals surface area (Å²) in [5.41, 5.74) is 1.36. The highest BCUT2D eigenvalue weighted by Gasteiger charge is 2.09. The van der Waals surface area contributed by atoms with Crippen molar-refractivity contribution in [2.24, 2.45) is 0 Å². The van der Waals surface area contributed by atoms with Gasteiger partial charge in [-0.3, -0.25) is 0 Å². The van der Waals surface area contributed by atoms with E-state index in [1.807, 2.05) is 0 Å². The Balaban J connectivity index is 2.26. The monoisotopic (exact) mass is 250 g/mol. The Morgan fingerprint density at radius 1 is 1.39 bits per heavy atom. The maximum absolute atomic E-state index is 9.30. The third-order valence-electron chi connectivity index (χ3n) is 2.38. The van der Waals surface area contributed by atoms with Gasteiger partial charge in [0.2, 0.25) is 5.95 Å². The first kappa shape index (κ1) is 12.6. The van der Waals surface area contributed by atoms with Crippen molar-refractivity contribution in [3.05, 3.63) is 6.33 Å². The molecule has 2 aromatic heterocycles. The molecular weight excluding hydrogens is 232 g/mol. The molecule has 0 bridgehead atoms. The first-order chi connectivity index (χ1) is 8.70. The second-order valence-electron chi connectivity index (χ2n) is 4.15. The molecule has 98 valence electrons. The van der Waals surface area contributed by atoms with E-state index in [4.69, 9.17) is 0 Å². The van der Waals surface area contributed by atoms with Gasteiger partial charge in [-0.15, -0.1) is 0 Å². The number of hydrogen-bond donors (Lipinski definition) is 4. The molecule has 0 fully saturated rings. The molecule has 0 spiro atoms. The van der Waals surface area contributed by atoms with Gasteiger partial charge in [0, 0.05) is 13.1 Å². The van der Waals surface area contributed by atoms with Crippen molar-refractivity contribution in [3.63, 3.8) is 0 Å². The van der Waals surface area contributed by atoms with Crippen molar-refractivity contribution in [2.75, 3.05) is 23.7 Å². The third-order valence-corrected chi connectivity index (χ3v) is 2.38. The number of H-pyrrole nitrogens is 1. The van der Waals surface area contributed by atoms with Gasteiger partial charge in [-0.05, 0) is 13.3 Å². The van der Waals surface area contributed by atoms with Crippen LogP contribution in [0, 0.1) is 0 Å². The summed E-state index contributed by atoms with van der Waals surface area (Å²) in [4.78, 5) is 15.8. The number of imidazole rings is 1. The minimum Gasteiger partial charge on any atom is -0.392 e. The largest absolute Gasteiger partial charge is 0.392 e. The fourth-order valence-electron chi connectivity index (χ4n) is 1.52. The number of nitrogens with zero attached hydrogens (tertiary/aromatic N) is 3. The Bertz CT molecular complexity index is 509. The molecule has 0 radical (unpaired) electrons. The average molecular weight is 250 g/mol. The maximum atomic E-state index is 9.30. The molecule has 2 heterocycles. The quantitative estimate of drug-likeness (QED) is 0.609. The highest BCUT2D eigenvalue weighted by molar-refractivity contribution is 5.83. The van der Waals surface area contributed by atoms with Gasteiger partial charge in [0.1, 0.15) is 5.52 Å². The lowest BCUT2D eigenvalue weighted by molar-refractivity contribution is 0.208. The van der Waals surface area contributed by atoms with Crippen LogP contribution in [0.4, 0.5) is 11.8 Å². The van der Waals surface area contributed by atoms with E-state index in [9.17, 15) is 5.11 Å². The zero-order chi connectivity index (χ0) is 13.0. The van der Waals surface area contributed by atoms with Gasteiger partial charge in [0.05, 0.1) is 12.4 Å². The minimum atomic E-state index is -0.440. The van der Waals surface area contributed by atoms with Crippen LogP contribution in [0.2, 0.25) is 0 Å². The minimum absolute atomic E-state index is 0.429. The molecule has 7 heteroatoms. The molecule has 0 aromatic carbocycles. The molecule has 7 nitrogen and oxygen atoms in total. The summed E-state index contributed by atoms with van der Waals surface area (Å²) in [6.07, 6.45) is 2.14. The third kappa shape index (κ3) is 2.86. The smallest absolute Gasteiger partial charge is 0.226 e. The lowest BCUT2D eigenvalue weighted by Crippen LogP contribution is -2.17. The fourth-order valence-corrected chi connectivity index (χ4v) is 1.52. The molecule has 18 heavy (non-hydrogen) atoms. The predicted molar refractivity (Wildman–Crippen MR) is 70.6 cm³/mol. The highest BCUT2D eigenvalue weighted by atomic mass is 16.3.